The molecule has 9 heteroatoms. The van der Waals surface area contributed by atoms with E-state index in [0.29, 0.717) is 17.4 Å². The van der Waals surface area contributed by atoms with Crippen LogP contribution in [0.15, 0.2) is 96.0 Å². The predicted octanol–water partition coefficient (Wildman–Crippen LogP) is 4.32. The maximum absolute atomic E-state index is 12.8. The molecule has 0 aliphatic rings. The summed E-state index contributed by atoms with van der Waals surface area (Å²) in [6.07, 6.45) is 1.58. The summed E-state index contributed by atoms with van der Waals surface area (Å²) in [5.74, 6) is 0.0541. The Morgan fingerprint density at radius 3 is 2.42 bits per heavy atom. The van der Waals surface area contributed by atoms with Gasteiger partial charge in [-0.2, -0.15) is 5.10 Å². The first-order valence-corrected chi connectivity index (χ1v) is 12.0. The van der Waals surface area contributed by atoms with Crippen LogP contribution in [0.2, 0.25) is 5.02 Å². The predicted molar refractivity (Wildman–Crippen MR) is 128 cm³/mol. The fourth-order valence-electron chi connectivity index (χ4n) is 3.18. The summed E-state index contributed by atoms with van der Waals surface area (Å²) in [5.41, 5.74) is 2.02. The van der Waals surface area contributed by atoms with Crippen LogP contribution >= 0.6 is 11.6 Å². The quantitative estimate of drug-likeness (QED) is 0.393. The molecule has 7 nitrogen and oxygen atoms in total. The van der Waals surface area contributed by atoms with Crippen molar-refractivity contribution in [1.29, 1.82) is 0 Å². The molecule has 2 N–H and O–H groups in total. The molecule has 1 aromatic heterocycles. The van der Waals surface area contributed by atoms with Crippen LogP contribution in [0.3, 0.4) is 0 Å². The first-order valence-electron chi connectivity index (χ1n) is 10.1. The van der Waals surface area contributed by atoms with E-state index in [1.54, 1.807) is 35.1 Å². The van der Waals surface area contributed by atoms with Gasteiger partial charge in [-0.3, -0.25) is 4.79 Å². The highest BCUT2D eigenvalue weighted by atomic mass is 35.5. The summed E-state index contributed by atoms with van der Waals surface area (Å²) in [6.45, 7) is 0.598. The van der Waals surface area contributed by atoms with E-state index in [4.69, 9.17) is 11.6 Å². The normalized spacial score (nSPS) is 11.3. The molecule has 0 fully saturated rings. The molecule has 0 aliphatic heterocycles. The van der Waals surface area contributed by atoms with Crippen molar-refractivity contribution in [2.45, 2.75) is 18.0 Å². The van der Waals surface area contributed by atoms with Gasteiger partial charge >= 0.3 is 0 Å². The number of hydrogen-bond acceptors (Lipinski definition) is 4. The minimum atomic E-state index is -3.79. The zero-order valence-corrected chi connectivity index (χ0v) is 19.1. The van der Waals surface area contributed by atoms with Crippen molar-refractivity contribution in [3.63, 3.8) is 0 Å². The summed E-state index contributed by atoms with van der Waals surface area (Å²) in [5, 5.41) is 7.69. The second-order valence-electron chi connectivity index (χ2n) is 7.29. The van der Waals surface area contributed by atoms with E-state index in [-0.39, 0.29) is 17.0 Å². The number of anilines is 1. The van der Waals surface area contributed by atoms with Crippen LogP contribution in [-0.4, -0.2) is 24.1 Å². The Kier molecular flexibility index (Phi) is 6.88. The molecule has 168 valence electrons. The van der Waals surface area contributed by atoms with E-state index in [1.165, 1.54) is 18.2 Å². The van der Waals surface area contributed by atoms with Crippen LogP contribution < -0.4 is 10.0 Å². The number of hydrogen-bond donors (Lipinski definition) is 2. The monoisotopic (exact) mass is 480 g/mol. The Bertz CT molecular complexity index is 1350. The van der Waals surface area contributed by atoms with E-state index in [9.17, 15) is 13.2 Å². The van der Waals surface area contributed by atoms with Gasteiger partial charge in [0.25, 0.3) is 5.91 Å². The van der Waals surface area contributed by atoms with E-state index < -0.39 is 15.9 Å². The molecule has 0 spiro atoms. The number of halogens is 1. The Morgan fingerprint density at radius 1 is 0.909 bits per heavy atom. The number of nitrogens with zero attached hydrogens (tertiary/aromatic N) is 2. The van der Waals surface area contributed by atoms with Gasteiger partial charge in [0.1, 0.15) is 5.82 Å². The molecule has 4 aromatic rings. The molecule has 3 aromatic carbocycles. The van der Waals surface area contributed by atoms with E-state index in [1.807, 2.05) is 42.5 Å². The second kappa shape index (κ2) is 9.99. The Morgan fingerprint density at radius 2 is 1.67 bits per heavy atom. The molecule has 0 bridgehead atoms. The Balaban J connectivity index is 1.46. The first-order chi connectivity index (χ1) is 15.9. The van der Waals surface area contributed by atoms with Gasteiger partial charge in [-0.1, -0.05) is 60.1 Å². The van der Waals surface area contributed by atoms with Crippen molar-refractivity contribution in [3.8, 4) is 0 Å². The standard InChI is InChI=1S/C24H21ClN4O3S/c25-21-11-9-19(10-12-21)17-29-23(13-14-26-29)28-24(30)20-7-4-8-22(15-20)33(31,32)27-16-18-5-2-1-3-6-18/h1-15,27H,16-17H2,(H,28,30). The Labute approximate surface area is 197 Å². The van der Waals surface area contributed by atoms with Gasteiger partial charge in [0, 0.05) is 23.2 Å². The van der Waals surface area contributed by atoms with Crippen LogP contribution in [0, 0.1) is 0 Å². The van der Waals surface area contributed by atoms with Crippen molar-refractivity contribution in [1.82, 2.24) is 14.5 Å². The van der Waals surface area contributed by atoms with Crippen molar-refractivity contribution in [2.75, 3.05) is 5.32 Å². The third-order valence-electron chi connectivity index (χ3n) is 4.92. The van der Waals surface area contributed by atoms with E-state index in [2.05, 4.69) is 15.1 Å². The SMILES string of the molecule is O=C(Nc1ccnn1Cc1ccc(Cl)cc1)c1cccc(S(=O)(=O)NCc2ccccc2)c1. The highest BCUT2D eigenvalue weighted by Crippen LogP contribution is 2.16. The fraction of sp³-hybridized carbons (Fsp3) is 0.0833. The highest BCUT2D eigenvalue weighted by molar-refractivity contribution is 7.89. The second-order valence-corrected chi connectivity index (χ2v) is 9.50. The lowest BCUT2D eigenvalue weighted by Crippen LogP contribution is -2.24. The summed E-state index contributed by atoms with van der Waals surface area (Å²) in [7, 11) is -3.79. The van der Waals surface area contributed by atoms with Gasteiger partial charge in [-0.15, -0.1) is 0 Å². The summed E-state index contributed by atoms with van der Waals surface area (Å²) < 4.78 is 29.6. The van der Waals surface area contributed by atoms with Crippen LogP contribution in [0.1, 0.15) is 21.5 Å². The molecule has 0 atom stereocenters. The van der Waals surface area contributed by atoms with Gasteiger partial charge in [0.05, 0.1) is 17.6 Å². The summed E-state index contributed by atoms with van der Waals surface area (Å²) in [6, 6.07) is 24.1. The zero-order chi connectivity index (χ0) is 23.3. The van der Waals surface area contributed by atoms with E-state index in [0.717, 1.165) is 11.1 Å². The van der Waals surface area contributed by atoms with Crippen molar-refractivity contribution < 1.29 is 13.2 Å². The maximum atomic E-state index is 12.8. The number of sulfonamides is 1. The van der Waals surface area contributed by atoms with Gasteiger partial charge < -0.3 is 5.32 Å². The van der Waals surface area contributed by atoms with Crippen LogP contribution in [-0.2, 0) is 23.1 Å². The summed E-state index contributed by atoms with van der Waals surface area (Å²) >= 11 is 5.93. The largest absolute Gasteiger partial charge is 0.307 e. The minimum Gasteiger partial charge on any atom is -0.307 e. The number of nitrogens with one attached hydrogen (secondary N) is 2. The van der Waals surface area contributed by atoms with Gasteiger partial charge in [-0.25, -0.2) is 17.8 Å². The van der Waals surface area contributed by atoms with Gasteiger partial charge in [0.2, 0.25) is 10.0 Å². The molecular formula is C24H21ClN4O3S. The zero-order valence-electron chi connectivity index (χ0n) is 17.5. The molecular weight excluding hydrogens is 460 g/mol. The number of amides is 1. The van der Waals surface area contributed by atoms with Crippen LogP contribution in [0.4, 0.5) is 5.82 Å². The maximum Gasteiger partial charge on any atom is 0.256 e. The number of benzene rings is 3. The fourth-order valence-corrected chi connectivity index (χ4v) is 4.37. The van der Waals surface area contributed by atoms with Crippen molar-refractivity contribution in [3.05, 3.63) is 113 Å². The smallest absolute Gasteiger partial charge is 0.256 e. The molecule has 33 heavy (non-hydrogen) atoms. The lowest BCUT2D eigenvalue weighted by atomic mass is 10.2. The number of carbonyl (C=O) groups excluding carboxylic acids is 1. The minimum absolute atomic E-state index is 0.0146. The van der Waals surface area contributed by atoms with Crippen LogP contribution in [0.5, 0.6) is 0 Å². The van der Waals surface area contributed by atoms with Gasteiger partial charge in [-0.05, 0) is 41.5 Å². The Hall–Kier alpha value is -3.46. The van der Waals surface area contributed by atoms with Crippen molar-refractivity contribution >= 4 is 33.3 Å². The average Bonchev–Trinajstić information content (AvgIpc) is 3.26. The number of aromatic nitrogens is 2. The number of carbonyl (C=O) groups is 1. The highest BCUT2D eigenvalue weighted by Gasteiger charge is 2.17. The molecule has 4 rings (SSSR count). The average molecular weight is 481 g/mol. The van der Waals surface area contributed by atoms with Gasteiger partial charge in [0.15, 0.2) is 0 Å². The molecule has 0 aliphatic carbocycles. The topological polar surface area (TPSA) is 93.1 Å². The van der Waals surface area contributed by atoms with Crippen molar-refractivity contribution in [2.24, 2.45) is 0 Å². The summed E-state index contributed by atoms with van der Waals surface area (Å²) in [4.78, 5) is 12.8. The molecule has 0 radical (unpaired) electrons. The molecule has 1 amide bonds. The first kappa shape index (κ1) is 22.7. The molecule has 0 unspecified atom stereocenters. The van der Waals surface area contributed by atoms with Crippen LogP contribution in [0.25, 0.3) is 0 Å². The lowest BCUT2D eigenvalue weighted by Gasteiger charge is -2.11. The molecule has 1 heterocycles. The third-order valence-corrected chi connectivity index (χ3v) is 6.57. The molecule has 0 saturated heterocycles. The lowest BCUT2D eigenvalue weighted by molar-refractivity contribution is 0.102. The third kappa shape index (κ3) is 5.87. The van der Waals surface area contributed by atoms with E-state index >= 15 is 0 Å². The number of rotatable bonds is 8. The molecule has 0 saturated carbocycles.